The van der Waals surface area contributed by atoms with Gasteiger partial charge in [-0.3, -0.25) is 0 Å². The monoisotopic (exact) mass is 273 g/mol. The Morgan fingerprint density at radius 3 is 3.21 bits per heavy atom. The quantitative estimate of drug-likeness (QED) is 0.925. The lowest BCUT2D eigenvalue weighted by atomic mass is 9.92. The van der Waals surface area contributed by atoms with Crippen LogP contribution in [0.2, 0.25) is 0 Å². The summed E-state index contributed by atoms with van der Waals surface area (Å²) in [7, 11) is 0. The molecule has 1 aliphatic carbocycles. The first-order valence-electron chi connectivity index (χ1n) is 7.00. The zero-order valence-electron chi connectivity index (χ0n) is 11.2. The summed E-state index contributed by atoms with van der Waals surface area (Å²) < 4.78 is 0. The minimum absolute atomic E-state index is 0.445. The zero-order chi connectivity index (χ0) is 13.1. The summed E-state index contributed by atoms with van der Waals surface area (Å²) in [6.07, 6.45) is 6.70. The van der Waals surface area contributed by atoms with Gasteiger partial charge in [-0.2, -0.15) is 11.3 Å². The molecule has 0 saturated carbocycles. The molecule has 100 valence electrons. The highest BCUT2D eigenvalue weighted by molar-refractivity contribution is 7.08. The minimum Gasteiger partial charge on any atom is -0.310 e. The van der Waals surface area contributed by atoms with E-state index >= 15 is 0 Å². The molecule has 3 rings (SSSR count). The molecule has 2 heterocycles. The molecule has 0 amide bonds. The molecule has 0 saturated heterocycles. The SMILES string of the molecule is CCCNC1CCCc2nc(-c3ccsc3)ncc21. The number of hydrogen-bond acceptors (Lipinski definition) is 4. The van der Waals surface area contributed by atoms with Crippen molar-refractivity contribution in [1.29, 1.82) is 0 Å². The van der Waals surface area contributed by atoms with Gasteiger partial charge in [0.05, 0.1) is 0 Å². The van der Waals surface area contributed by atoms with E-state index in [4.69, 9.17) is 4.98 Å². The molecule has 19 heavy (non-hydrogen) atoms. The van der Waals surface area contributed by atoms with Crippen molar-refractivity contribution in [2.45, 2.75) is 38.6 Å². The minimum atomic E-state index is 0.445. The molecule has 0 fully saturated rings. The van der Waals surface area contributed by atoms with Gasteiger partial charge >= 0.3 is 0 Å². The van der Waals surface area contributed by atoms with Gasteiger partial charge in [0.25, 0.3) is 0 Å². The van der Waals surface area contributed by atoms with Crippen LogP contribution in [0.4, 0.5) is 0 Å². The Labute approximate surface area is 118 Å². The second kappa shape index (κ2) is 5.80. The van der Waals surface area contributed by atoms with Crippen LogP contribution in [0.15, 0.2) is 23.0 Å². The summed E-state index contributed by atoms with van der Waals surface area (Å²) in [5.74, 6) is 0.871. The Bertz CT molecular complexity index is 536. The van der Waals surface area contributed by atoms with Crippen LogP contribution in [0.5, 0.6) is 0 Å². The fourth-order valence-corrected chi connectivity index (χ4v) is 3.24. The van der Waals surface area contributed by atoms with Crippen molar-refractivity contribution >= 4 is 11.3 Å². The number of nitrogens with zero attached hydrogens (tertiary/aromatic N) is 2. The van der Waals surface area contributed by atoms with Gasteiger partial charge in [-0.25, -0.2) is 9.97 Å². The fraction of sp³-hybridized carbons (Fsp3) is 0.467. The van der Waals surface area contributed by atoms with Gasteiger partial charge in [0.15, 0.2) is 5.82 Å². The number of thiophene rings is 1. The van der Waals surface area contributed by atoms with Gasteiger partial charge in [-0.05, 0) is 43.7 Å². The number of aryl methyl sites for hydroxylation is 1. The first kappa shape index (κ1) is 12.8. The Morgan fingerprint density at radius 1 is 1.47 bits per heavy atom. The van der Waals surface area contributed by atoms with Crippen molar-refractivity contribution in [3.63, 3.8) is 0 Å². The van der Waals surface area contributed by atoms with E-state index in [-0.39, 0.29) is 0 Å². The van der Waals surface area contributed by atoms with Gasteiger partial charge in [0.1, 0.15) is 0 Å². The van der Waals surface area contributed by atoms with E-state index in [1.54, 1.807) is 11.3 Å². The van der Waals surface area contributed by atoms with E-state index in [9.17, 15) is 0 Å². The molecule has 2 aromatic heterocycles. The van der Waals surface area contributed by atoms with Crippen molar-refractivity contribution in [1.82, 2.24) is 15.3 Å². The third kappa shape index (κ3) is 2.69. The lowest BCUT2D eigenvalue weighted by molar-refractivity contribution is 0.454. The summed E-state index contributed by atoms with van der Waals surface area (Å²) in [5.41, 5.74) is 3.67. The number of rotatable bonds is 4. The van der Waals surface area contributed by atoms with Crippen LogP contribution in [-0.2, 0) is 6.42 Å². The molecule has 1 N–H and O–H groups in total. The van der Waals surface area contributed by atoms with Crippen molar-refractivity contribution in [3.8, 4) is 11.4 Å². The van der Waals surface area contributed by atoms with Crippen LogP contribution < -0.4 is 5.32 Å². The number of hydrogen-bond donors (Lipinski definition) is 1. The average molecular weight is 273 g/mol. The molecule has 1 aliphatic rings. The third-order valence-electron chi connectivity index (χ3n) is 3.60. The molecule has 4 heteroatoms. The molecular weight excluding hydrogens is 254 g/mol. The van der Waals surface area contributed by atoms with Gasteiger partial charge in [-0.1, -0.05) is 6.92 Å². The Hall–Kier alpha value is -1.26. The molecule has 3 nitrogen and oxygen atoms in total. The predicted octanol–water partition coefficient (Wildman–Crippen LogP) is 3.58. The molecule has 0 spiro atoms. The van der Waals surface area contributed by atoms with E-state index in [0.717, 1.165) is 24.4 Å². The van der Waals surface area contributed by atoms with Gasteiger partial charge in [0, 0.05) is 34.4 Å². The average Bonchev–Trinajstić information content (AvgIpc) is 2.98. The second-order valence-electron chi connectivity index (χ2n) is 5.01. The van der Waals surface area contributed by atoms with E-state index < -0.39 is 0 Å². The molecule has 2 aromatic rings. The second-order valence-corrected chi connectivity index (χ2v) is 5.79. The summed E-state index contributed by atoms with van der Waals surface area (Å²) in [6, 6.07) is 2.53. The predicted molar refractivity (Wildman–Crippen MR) is 79.3 cm³/mol. The maximum absolute atomic E-state index is 4.77. The van der Waals surface area contributed by atoms with Crippen molar-refractivity contribution in [2.24, 2.45) is 0 Å². The van der Waals surface area contributed by atoms with E-state index in [1.165, 1.54) is 30.5 Å². The largest absolute Gasteiger partial charge is 0.310 e. The van der Waals surface area contributed by atoms with E-state index in [0.29, 0.717) is 6.04 Å². The van der Waals surface area contributed by atoms with E-state index in [1.807, 2.05) is 6.20 Å². The van der Waals surface area contributed by atoms with Crippen LogP contribution in [0, 0.1) is 0 Å². The molecular formula is C15H19N3S. The Balaban J connectivity index is 1.88. The molecule has 0 aromatic carbocycles. The standard InChI is InChI=1S/C15H19N3S/c1-2-7-16-13-4-3-5-14-12(13)9-17-15(18-14)11-6-8-19-10-11/h6,8-10,13,16H,2-5,7H2,1H3. The highest BCUT2D eigenvalue weighted by Gasteiger charge is 2.21. The van der Waals surface area contributed by atoms with Crippen LogP contribution in [0.1, 0.15) is 43.5 Å². The highest BCUT2D eigenvalue weighted by atomic mass is 32.1. The number of aromatic nitrogens is 2. The van der Waals surface area contributed by atoms with Crippen molar-refractivity contribution in [3.05, 3.63) is 34.3 Å². The lowest BCUT2D eigenvalue weighted by Gasteiger charge is -2.25. The maximum atomic E-state index is 4.77. The molecule has 1 unspecified atom stereocenters. The molecule has 1 atom stereocenters. The van der Waals surface area contributed by atoms with Gasteiger partial charge in [-0.15, -0.1) is 0 Å². The van der Waals surface area contributed by atoms with Gasteiger partial charge < -0.3 is 5.32 Å². The number of nitrogens with one attached hydrogen (secondary N) is 1. The smallest absolute Gasteiger partial charge is 0.160 e. The van der Waals surface area contributed by atoms with Gasteiger partial charge in [0.2, 0.25) is 0 Å². The summed E-state index contributed by atoms with van der Waals surface area (Å²) in [5, 5.41) is 7.79. The topological polar surface area (TPSA) is 37.8 Å². The van der Waals surface area contributed by atoms with Crippen molar-refractivity contribution < 1.29 is 0 Å². The molecule has 0 aliphatic heterocycles. The number of fused-ring (bicyclic) bond motifs is 1. The first-order valence-corrected chi connectivity index (χ1v) is 7.94. The lowest BCUT2D eigenvalue weighted by Crippen LogP contribution is -2.26. The van der Waals surface area contributed by atoms with Crippen LogP contribution in [0.3, 0.4) is 0 Å². The highest BCUT2D eigenvalue weighted by Crippen LogP contribution is 2.29. The summed E-state index contributed by atoms with van der Waals surface area (Å²) >= 11 is 1.69. The summed E-state index contributed by atoms with van der Waals surface area (Å²) in [6.45, 7) is 3.27. The Kier molecular flexibility index (Phi) is 3.89. The zero-order valence-corrected chi connectivity index (χ0v) is 12.0. The normalized spacial score (nSPS) is 18.3. The van der Waals surface area contributed by atoms with E-state index in [2.05, 4.69) is 34.1 Å². The van der Waals surface area contributed by atoms with Crippen molar-refractivity contribution in [2.75, 3.05) is 6.54 Å². The van der Waals surface area contributed by atoms with Crippen LogP contribution in [-0.4, -0.2) is 16.5 Å². The Morgan fingerprint density at radius 2 is 2.42 bits per heavy atom. The first-order chi connectivity index (χ1) is 9.38. The summed E-state index contributed by atoms with van der Waals surface area (Å²) in [4.78, 5) is 9.32. The maximum Gasteiger partial charge on any atom is 0.160 e. The third-order valence-corrected chi connectivity index (χ3v) is 4.29. The van der Waals surface area contributed by atoms with Crippen LogP contribution >= 0.6 is 11.3 Å². The van der Waals surface area contributed by atoms with Crippen LogP contribution in [0.25, 0.3) is 11.4 Å². The molecule has 0 bridgehead atoms. The fourth-order valence-electron chi connectivity index (χ4n) is 2.61. The molecule has 0 radical (unpaired) electrons.